The fourth-order valence-electron chi connectivity index (χ4n) is 1.94. The van der Waals surface area contributed by atoms with Gasteiger partial charge in [-0.15, -0.1) is 0 Å². The lowest BCUT2D eigenvalue weighted by Gasteiger charge is -2.11. The van der Waals surface area contributed by atoms with Crippen LogP contribution in [0.2, 0.25) is 0 Å². The summed E-state index contributed by atoms with van der Waals surface area (Å²) in [6, 6.07) is 6.03. The molecule has 2 aromatic rings. The summed E-state index contributed by atoms with van der Waals surface area (Å²) in [5, 5.41) is 3.09. The first kappa shape index (κ1) is 18.0. The van der Waals surface area contributed by atoms with E-state index in [-0.39, 0.29) is 22.0 Å². The van der Waals surface area contributed by atoms with Gasteiger partial charge in [0.05, 0.1) is 10.6 Å². The molecule has 0 saturated carbocycles. The molecule has 0 aliphatic heterocycles. The van der Waals surface area contributed by atoms with Gasteiger partial charge in [-0.05, 0) is 24.5 Å². The normalized spacial score (nSPS) is 11.2. The largest absolute Gasteiger partial charge is 0.365 e. The van der Waals surface area contributed by atoms with E-state index in [1.54, 1.807) is 25.3 Å². The molecule has 8 nitrogen and oxygen atoms in total. The van der Waals surface area contributed by atoms with Crippen molar-refractivity contribution in [3.63, 3.8) is 0 Å². The molecule has 1 aromatic carbocycles. The smallest absolute Gasteiger partial charge is 0.266 e. The average Bonchev–Trinajstić information content (AvgIpc) is 2.54. The predicted octanol–water partition coefficient (Wildman–Crippen LogP) is 1.13. The molecule has 0 bridgehead atoms. The molecular formula is C14H16N4O4S2. The molecule has 4 N–H and O–H groups in total. The summed E-state index contributed by atoms with van der Waals surface area (Å²) in [6.45, 7) is 1.55. The van der Waals surface area contributed by atoms with Crippen molar-refractivity contribution < 1.29 is 13.2 Å². The van der Waals surface area contributed by atoms with Gasteiger partial charge in [0.25, 0.3) is 11.5 Å². The SMILES string of the molecule is CCS(=O)(=O)c1cccc(Nc2nc(SC)[nH]c(=O)c2C(N)=O)c1. The van der Waals surface area contributed by atoms with Crippen LogP contribution in [-0.4, -0.2) is 36.3 Å². The summed E-state index contributed by atoms with van der Waals surface area (Å²) in [6.07, 6.45) is 1.71. The van der Waals surface area contributed by atoms with Crippen molar-refractivity contribution >= 4 is 39.0 Å². The van der Waals surface area contributed by atoms with E-state index in [4.69, 9.17) is 5.73 Å². The van der Waals surface area contributed by atoms with E-state index in [2.05, 4.69) is 15.3 Å². The number of benzene rings is 1. The van der Waals surface area contributed by atoms with E-state index < -0.39 is 21.3 Å². The number of anilines is 2. The molecule has 0 saturated heterocycles. The number of rotatable bonds is 6. The van der Waals surface area contributed by atoms with Gasteiger partial charge in [-0.25, -0.2) is 13.4 Å². The summed E-state index contributed by atoms with van der Waals surface area (Å²) < 4.78 is 23.9. The van der Waals surface area contributed by atoms with Gasteiger partial charge in [0.1, 0.15) is 5.56 Å². The van der Waals surface area contributed by atoms with Gasteiger partial charge in [-0.3, -0.25) is 9.59 Å². The second kappa shape index (κ2) is 7.05. The Morgan fingerprint density at radius 1 is 1.42 bits per heavy atom. The Balaban J connectivity index is 2.52. The van der Waals surface area contributed by atoms with E-state index in [9.17, 15) is 18.0 Å². The summed E-state index contributed by atoms with van der Waals surface area (Å²) in [7, 11) is -3.38. The number of nitrogens with zero attached hydrogens (tertiary/aromatic N) is 1. The van der Waals surface area contributed by atoms with Gasteiger partial charge in [0.15, 0.2) is 20.8 Å². The maximum Gasteiger partial charge on any atom is 0.266 e. The maximum atomic E-state index is 12.0. The van der Waals surface area contributed by atoms with Crippen molar-refractivity contribution in [3.8, 4) is 0 Å². The van der Waals surface area contributed by atoms with Crippen LogP contribution in [0.4, 0.5) is 11.5 Å². The van der Waals surface area contributed by atoms with Gasteiger partial charge < -0.3 is 16.0 Å². The van der Waals surface area contributed by atoms with Crippen molar-refractivity contribution in [1.29, 1.82) is 0 Å². The van der Waals surface area contributed by atoms with Crippen LogP contribution in [0.1, 0.15) is 17.3 Å². The second-order valence-corrected chi connectivity index (χ2v) is 7.79. The Hall–Kier alpha value is -2.33. The van der Waals surface area contributed by atoms with Crippen LogP contribution in [0.15, 0.2) is 39.1 Å². The van der Waals surface area contributed by atoms with Crippen molar-refractivity contribution in [1.82, 2.24) is 9.97 Å². The number of thioether (sulfide) groups is 1. The van der Waals surface area contributed by atoms with Crippen molar-refractivity contribution in [2.75, 3.05) is 17.3 Å². The molecule has 1 heterocycles. The molecule has 1 amide bonds. The fraction of sp³-hybridized carbons (Fsp3) is 0.214. The molecule has 0 aliphatic rings. The number of primary amides is 1. The number of aromatic amines is 1. The summed E-state index contributed by atoms with van der Waals surface area (Å²) >= 11 is 1.18. The zero-order valence-corrected chi connectivity index (χ0v) is 14.6. The number of aromatic nitrogens is 2. The Morgan fingerprint density at radius 2 is 2.12 bits per heavy atom. The second-order valence-electron chi connectivity index (χ2n) is 4.72. The zero-order chi connectivity index (χ0) is 17.9. The number of amides is 1. The lowest BCUT2D eigenvalue weighted by atomic mass is 10.2. The van der Waals surface area contributed by atoms with Crippen LogP contribution in [-0.2, 0) is 9.84 Å². The first-order chi connectivity index (χ1) is 11.3. The monoisotopic (exact) mass is 368 g/mol. The molecule has 0 radical (unpaired) electrons. The third kappa shape index (κ3) is 3.77. The van der Waals surface area contributed by atoms with Crippen molar-refractivity contribution in [2.24, 2.45) is 5.73 Å². The number of hydrogen-bond donors (Lipinski definition) is 3. The van der Waals surface area contributed by atoms with E-state index >= 15 is 0 Å². The first-order valence-electron chi connectivity index (χ1n) is 6.86. The highest BCUT2D eigenvalue weighted by Gasteiger charge is 2.18. The standard InChI is InChI=1S/C14H16N4O4S2/c1-3-24(21,22)9-6-4-5-8(7-9)16-12-10(11(15)19)13(20)18-14(17-12)23-2/h4-7H,3H2,1-2H3,(H2,15,19)(H2,16,17,18,20). The Morgan fingerprint density at radius 3 is 2.71 bits per heavy atom. The van der Waals surface area contributed by atoms with Crippen LogP contribution >= 0.6 is 11.8 Å². The Bertz CT molecular complexity index is 938. The minimum Gasteiger partial charge on any atom is -0.365 e. The summed E-state index contributed by atoms with van der Waals surface area (Å²) in [4.78, 5) is 30.2. The minimum atomic E-state index is -3.38. The van der Waals surface area contributed by atoms with Crippen molar-refractivity contribution in [2.45, 2.75) is 17.0 Å². The van der Waals surface area contributed by atoms with Crippen LogP contribution in [0.5, 0.6) is 0 Å². The highest BCUT2D eigenvalue weighted by atomic mass is 32.2. The van der Waals surface area contributed by atoms with Crippen LogP contribution < -0.4 is 16.6 Å². The predicted molar refractivity (Wildman–Crippen MR) is 92.6 cm³/mol. The lowest BCUT2D eigenvalue weighted by molar-refractivity contribution is 0.0999. The third-order valence-electron chi connectivity index (χ3n) is 3.17. The van der Waals surface area contributed by atoms with E-state index in [1.165, 1.54) is 23.9 Å². The third-order valence-corrected chi connectivity index (χ3v) is 5.49. The fourth-order valence-corrected chi connectivity index (χ4v) is 3.24. The molecule has 0 spiro atoms. The molecule has 1 aromatic heterocycles. The number of nitrogens with one attached hydrogen (secondary N) is 2. The van der Waals surface area contributed by atoms with Crippen LogP contribution in [0.3, 0.4) is 0 Å². The van der Waals surface area contributed by atoms with Crippen LogP contribution in [0, 0.1) is 0 Å². The van der Waals surface area contributed by atoms with Crippen LogP contribution in [0.25, 0.3) is 0 Å². The zero-order valence-electron chi connectivity index (χ0n) is 13.0. The molecule has 128 valence electrons. The highest BCUT2D eigenvalue weighted by molar-refractivity contribution is 7.98. The Kier molecular flexibility index (Phi) is 5.30. The number of hydrogen-bond acceptors (Lipinski definition) is 7. The quantitative estimate of drug-likeness (QED) is 0.514. The molecule has 2 rings (SSSR count). The van der Waals surface area contributed by atoms with Gasteiger partial charge in [-0.1, -0.05) is 24.8 Å². The maximum absolute atomic E-state index is 12.0. The lowest BCUT2D eigenvalue weighted by Crippen LogP contribution is -2.26. The molecule has 0 unspecified atom stereocenters. The Labute approximate surface area is 142 Å². The minimum absolute atomic E-state index is 0.0263. The number of sulfone groups is 1. The number of carbonyl (C=O) groups is 1. The molecule has 10 heteroatoms. The van der Waals surface area contributed by atoms with Gasteiger partial charge in [0.2, 0.25) is 0 Å². The number of carbonyl (C=O) groups excluding carboxylic acids is 1. The number of nitrogens with two attached hydrogens (primary N) is 1. The van der Waals surface area contributed by atoms with Crippen molar-refractivity contribution in [3.05, 3.63) is 40.2 Å². The molecule has 0 atom stereocenters. The van der Waals surface area contributed by atoms with E-state index in [0.29, 0.717) is 10.8 Å². The van der Waals surface area contributed by atoms with E-state index in [0.717, 1.165) is 0 Å². The molecule has 24 heavy (non-hydrogen) atoms. The average molecular weight is 368 g/mol. The topological polar surface area (TPSA) is 135 Å². The van der Waals surface area contributed by atoms with E-state index in [1.807, 2.05) is 0 Å². The molecule has 0 fully saturated rings. The molecular weight excluding hydrogens is 352 g/mol. The number of H-pyrrole nitrogens is 1. The molecule has 0 aliphatic carbocycles. The summed E-state index contributed by atoms with van der Waals surface area (Å²) in [5.41, 5.74) is 4.62. The van der Waals surface area contributed by atoms with Gasteiger partial charge in [-0.2, -0.15) is 0 Å². The van der Waals surface area contributed by atoms with Gasteiger partial charge in [0, 0.05) is 5.69 Å². The summed E-state index contributed by atoms with van der Waals surface area (Å²) in [5.74, 6) is -0.999. The first-order valence-corrected chi connectivity index (χ1v) is 9.74. The highest BCUT2D eigenvalue weighted by Crippen LogP contribution is 2.22. The van der Waals surface area contributed by atoms with Gasteiger partial charge >= 0.3 is 0 Å².